The summed E-state index contributed by atoms with van der Waals surface area (Å²) in [6.07, 6.45) is 1.80. The van der Waals surface area contributed by atoms with Crippen LogP contribution in [0.1, 0.15) is 29.8 Å². The van der Waals surface area contributed by atoms with Crippen molar-refractivity contribution in [3.63, 3.8) is 0 Å². The summed E-state index contributed by atoms with van der Waals surface area (Å²) in [5.41, 5.74) is 1.92. The monoisotopic (exact) mass is 440 g/mol. The van der Waals surface area contributed by atoms with Crippen LogP contribution in [0.5, 0.6) is 11.5 Å². The number of hydrogen-bond acceptors (Lipinski definition) is 7. The van der Waals surface area contributed by atoms with Crippen molar-refractivity contribution >= 4 is 40.6 Å². The summed E-state index contributed by atoms with van der Waals surface area (Å²) in [7, 11) is 3.27. The zero-order chi connectivity index (χ0) is 22.4. The molecule has 0 radical (unpaired) electrons. The van der Waals surface area contributed by atoms with Crippen molar-refractivity contribution in [2.75, 3.05) is 27.4 Å². The molecule has 1 aliphatic heterocycles. The van der Waals surface area contributed by atoms with Crippen molar-refractivity contribution in [1.29, 1.82) is 0 Å². The van der Waals surface area contributed by atoms with Gasteiger partial charge < -0.3 is 14.2 Å². The SMILES string of the molecule is CCOC(=O)c1ccc(N=C2SC(=Cc3ccc(OC)c(OCC)c3)C(=O)N2C)cc1. The molecule has 162 valence electrons. The summed E-state index contributed by atoms with van der Waals surface area (Å²) in [5.74, 6) is 0.750. The highest BCUT2D eigenvalue weighted by molar-refractivity contribution is 8.18. The smallest absolute Gasteiger partial charge is 0.338 e. The molecule has 1 saturated heterocycles. The molecular weight excluding hydrogens is 416 g/mol. The molecule has 7 nitrogen and oxygen atoms in total. The number of rotatable bonds is 7. The van der Waals surface area contributed by atoms with Gasteiger partial charge in [-0.15, -0.1) is 0 Å². The standard InChI is InChI=1S/C23H24N2O5S/c1-5-29-19-13-15(7-12-18(19)28-4)14-20-21(26)25(3)23(31-20)24-17-10-8-16(9-11-17)22(27)30-6-2/h7-14H,5-6H2,1-4H3. The Morgan fingerprint density at radius 3 is 2.48 bits per heavy atom. The summed E-state index contributed by atoms with van der Waals surface area (Å²) in [6, 6.07) is 12.3. The van der Waals surface area contributed by atoms with Gasteiger partial charge in [-0.2, -0.15) is 0 Å². The Balaban J connectivity index is 1.82. The van der Waals surface area contributed by atoms with Crippen LogP contribution in [0.3, 0.4) is 0 Å². The molecule has 0 atom stereocenters. The van der Waals surface area contributed by atoms with E-state index in [1.807, 2.05) is 25.1 Å². The summed E-state index contributed by atoms with van der Waals surface area (Å²) >= 11 is 1.29. The Hall–Kier alpha value is -3.26. The Morgan fingerprint density at radius 1 is 1.10 bits per heavy atom. The fourth-order valence-electron chi connectivity index (χ4n) is 2.85. The minimum absolute atomic E-state index is 0.138. The molecule has 1 amide bonds. The molecule has 1 heterocycles. The highest BCUT2D eigenvalue weighted by atomic mass is 32.2. The quantitative estimate of drug-likeness (QED) is 0.466. The van der Waals surface area contributed by atoms with Gasteiger partial charge in [-0.1, -0.05) is 6.07 Å². The van der Waals surface area contributed by atoms with Gasteiger partial charge in [0.15, 0.2) is 16.7 Å². The van der Waals surface area contributed by atoms with Crippen LogP contribution in [0.15, 0.2) is 52.4 Å². The largest absolute Gasteiger partial charge is 0.493 e. The lowest BCUT2D eigenvalue weighted by Gasteiger charge is -2.09. The predicted molar refractivity (Wildman–Crippen MR) is 122 cm³/mol. The number of carbonyl (C=O) groups excluding carboxylic acids is 2. The van der Waals surface area contributed by atoms with Crippen LogP contribution in [0.2, 0.25) is 0 Å². The van der Waals surface area contributed by atoms with E-state index in [4.69, 9.17) is 14.2 Å². The molecule has 0 spiro atoms. The predicted octanol–water partition coefficient (Wildman–Crippen LogP) is 4.50. The number of esters is 1. The van der Waals surface area contributed by atoms with E-state index in [1.165, 1.54) is 16.7 Å². The van der Waals surface area contributed by atoms with Gasteiger partial charge in [-0.3, -0.25) is 9.69 Å². The van der Waals surface area contributed by atoms with Gasteiger partial charge in [-0.25, -0.2) is 9.79 Å². The number of ether oxygens (including phenoxy) is 3. The number of aliphatic imine (C=N–C) groups is 1. The molecule has 0 unspecified atom stereocenters. The van der Waals surface area contributed by atoms with E-state index >= 15 is 0 Å². The van der Waals surface area contributed by atoms with Crippen LogP contribution >= 0.6 is 11.8 Å². The van der Waals surface area contributed by atoms with Crippen LogP contribution in [0.4, 0.5) is 5.69 Å². The molecule has 0 aliphatic carbocycles. The molecule has 31 heavy (non-hydrogen) atoms. The van der Waals surface area contributed by atoms with Gasteiger partial charge in [0.1, 0.15) is 0 Å². The maximum atomic E-state index is 12.7. The molecule has 1 fully saturated rings. The topological polar surface area (TPSA) is 77.4 Å². The molecule has 0 saturated carbocycles. The van der Waals surface area contributed by atoms with Gasteiger partial charge in [0.05, 0.1) is 36.5 Å². The molecule has 0 aromatic heterocycles. The first kappa shape index (κ1) is 22.4. The van der Waals surface area contributed by atoms with E-state index in [9.17, 15) is 9.59 Å². The zero-order valence-corrected chi connectivity index (χ0v) is 18.7. The van der Waals surface area contributed by atoms with Crippen LogP contribution in [-0.4, -0.2) is 49.3 Å². The molecule has 3 rings (SSSR count). The second-order valence-electron chi connectivity index (χ2n) is 6.48. The number of amides is 1. The van der Waals surface area contributed by atoms with Crippen LogP contribution < -0.4 is 9.47 Å². The number of hydrogen-bond donors (Lipinski definition) is 0. The Kier molecular flexibility index (Phi) is 7.36. The number of thioether (sulfide) groups is 1. The molecule has 1 aliphatic rings. The lowest BCUT2D eigenvalue weighted by Crippen LogP contribution is -2.23. The second kappa shape index (κ2) is 10.2. The molecule has 0 N–H and O–H groups in total. The molecule has 2 aromatic carbocycles. The van der Waals surface area contributed by atoms with E-state index in [1.54, 1.807) is 51.4 Å². The van der Waals surface area contributed by atoms with Gasteiger partial charge >= 0.3 is 5.97 Å². The van der Waals surface area contributed by atoms with Crippen molar-refractivity contribution in [3.8, 4) is 11.5 Å². The Bertz CT molecular complexity index is 1030. The maximum Gasteiger partial charge on any atom is 0.338 e. The minimum Gasteiger partial charge on any atom is -0.493 e. The average Bonchev–Trinajstić information content (AvgIpc) is 3.02. The van der Waals surface area contributed by atoms with Crippen molar-refractivity contribution in [1.82, 2.24) is 4.90 Å². The van der Waals surface area contributed by atoms with Gasteiger partial charge in [0.2, 0.25) is 0 Å². The van der Waals surface area contributed by atoms with Gasteiger partial charge in [0.25, 0.3) is 5.91 Å². The summed E-state index contributed by atoms with van der Waals surface area (Å²) in [5, 5.41) is 0.554. The molecule has 2 aromatic rings. The third kappa shape index (κ3) is 5.27. The van der Waals surface area contributed by atoms with Crippen LogP contribution in [-0.2, 0) is 9.53 Å². The average molecular weight is 441 g/mol. The summed E-state index contributed by atoms with van der Waals surface area (Å²) in [6.45, 7) is 4.50. The van der Waals surface area contributed by atoms with Gasteiger partial charge in [-0.05, 0) is 73.6 Å². The third-order valence-electron chi connectivity index (χ3n) is 4.39. The van der Waals surface area contributed by atoms with Crippen molar-refractivity contribution in [3.05, 3.63) is 58.5 Å². The summed E-state index contributed by atoms with van der Waals surface area (Å²) < 4.78 is 15.9. The van der Waals surface area contributed by atoms with Gasteiger partial charge in [0, 0.05) is 7.05 Å². The van der Waals surface area contributed by atoms with Crippen LogP contribution in [0.25, 0.3) is 6.08 Å². The number of likely N-dealkylation sites (N-methyl/N-ethyl adjacent to an activating group) is 1. The van der Waals surface area contributed by atoms with E-state index in [0.717, 1.165) is 5.56 Å². The number of nitrogens with zero attached hydrogens (tertiary/aromatic N) is 2. The van der Waals surface area contributed by atoms with Crippen molar-refractivity contribution in [2.24, 2.45) is 4.99 Å². The summed E-state index contributed by atoms with van der Waals surface area (Å²) in [4.78, 5) is 31.1. The van der Waals surface area contributed by atoms with Crippen molar-refractivity contribution < 1.29 is 23.8 Å². The first-order chi connectivity index (χ1) is 15.0. The number of amidine groups is 1. The lowest BCUT2D eigenvalue weighted by molar-refractivity contribution is -0.121. The van der Waals surface area contributed by atoms with Crippen molar-refractivity contribution in [2.45, 2.75) is 13.8 Å². The molecule has 0 bridgehead atoms. The zero-order valence-electron chi connectivity index (χ0n) is 17.9. The highest BCUT2D eigenvalue weighted by Crippen LogP contribution is 2.35. The number of benzene rings is 2. The fourth-order valence-corrected chi connectivity index (χ4v) is 3.84. The lowest BCUT2D eigenvalue weighted by atomic mass is 10.2. The fraction of sp³-hybridized carbons (Fsp3) is 0.261. The first-order valence-corrected chi connectivity index (χ1v) is 10.6. The van der Waals surface area contributed by atoms with E-state index in [0.29, 0.717) is 46.0 Å². The number of methoxy groups -OCH3 is 1. The van der Waals surface area contributed by atoms with E-state index < -0.39 is 0 Å². The Labute approximate surface area is 185 Å². The normalized spacial score (nSPS) is 16.1. The second-order valence-corrected chi connectivity index (χ2v) is 7.49. The van der Waals surface area contributed by atoms with E-state index in [2.05, 4.69) is 4.99 Å². The number of carbonyl (C=O) groups is 2. The van der Waals surface area contributed by atoms with Crippen LogP contribution in [0, 0.1) is 0 Å². The highest BCUT2D eigenvalue weighted by Gasteiger charge is 2.30. The molecule has 8 heteroatoms. The van der Waals surface area contributed by atoms with E-state index in [-0.39, 0.29) is 11.9 Å². The minimum atomic E-state index is -0.375. The maximum absolute atomic E-state index is 12.7. The third-order valence-corrected chi connectivity index (χ3v) is 5.45. The first-order valence-electron chi connectivity index (χ1n) is 9.81. The Morgan fingerprint density at radius 2 is 1.84 bits per heavy atom. The molecular formula is C23H24N2O5S.